The largest absolute Gasteiger partial charge is 0.759 e. The van der Waals surface area contributed by atoms with Crippen molar-refractivity contribution in [2.45, 2.75) is 13.8 Å². The van der Waals surface area contributed by atoms with Gasteiger partial charge in [0.15, 0.2) is 9.95 Å². The van der Waals surface area contributed by atoms with Crippen LogP contribution in [0.15, 0.2) is 36.4 Å². The quantitative estimate of drug-likeness (QED) is 0.224. The lowest BCUT2D eigenvalue weighted by atomic mass is 10.2. The summed E-state index contributed by atoms with van der Waals surface area (Å²) in [7, 11) is -5.17. The van der Waals surface area contributed by atoms with E-state index in [1.54, 1.807) is 13.8 Å². The molecule has 0 fully saturated rings. The third-order valence-electron chi connectivity index (χ3n) is 3.02. The number of nitro groups is 2. The van der Waals surface area contributed by atoms with Gasteiger partial charge in [0.05, 0.1) is 9.85 Å². The van der Waals surface area contributed by atoms with Crippen molar-refractivity contribution in [2.24, 2.45) is 0 Å². The fourth-order valence-corrected chi connectivity index (χ4v) is 1.64. The Morgan fingerprint density at radius 1 is 0.793 bits per heavy atom. The van der Waals surface area contributed by atoms with Gasteiger partial charge in [-0.2, -0.15) is 0 Å². The summed E-state index contributed by atoms with van der Waals surface area (Å²) in [4.78, 5) is 25.3. The number of nitrogens with zero attached hydrogens (tertiary/aromatic N) is 6. The van der Waals surface area contributed by atoms with Crippen LogP contribution in [0.4, 0.5) is 22.7 Å². The summed E-state index contributed by atoms with van der Waals surface area (Å²) >= 11 is 0. The van der Waals surface area contributed by atoms with Crippen LogP contribution < -0.4 is 0 Å². The average Bonchev–Trinajstić information content (AvgIpc) is 2.61. The number of rotatable bonds is 2. The van der Waals surface area contributed by atoms with Gasteiger partial charge in [-0.3, -0.25) is 28.6 Å². The van der Waals surface area contributed by atoms with Crippen molar-refractivity contribution in [1.29, 1.82) is 10.8 Å². The molecule has 0 atom stereocenters. The van der Waals surface area contributed by atoms with Crippen molar-refractivity contribution in [3.63, 3.8) is 0 Å². The molecule has 0 radical (unpaired) electrons. The average molecular weight is 424 g/mol. The number of non-ortho nitro benzene ring substituents is 2. The highest BCUT2D eigenvalue weighted by molar-refractivity contribution is 7.79. The monoisotopic (exact) mass is 424 g/mol. The van der Waals surface area contributed by atoms with Crippen molar-refractivity contribution in [3.05, 3.63) is 77.7 Å². The fraction of sp³-hybridized carbons (Fsp3) is 0.143. The molecule has 2 aromatic rings. The molecular weight excluding hydrogens is 412 g/mol. The molecule has 0 N–H and O–H groups in total. The normalized spacial score (nSPS) is 9.45. The maximum Gasteiger partial charge on any atom is 0.394 e. The highest BCUT2D eigenvalue weighted by Gasteiger charge is 2.16. The van der Waals surface area contributed by atoms with Crippen LogP contribution in [0.3, 0.4) is 0 Å². The maximum atomic E-state index is 10.3. The summed E-state index contributed by atoms with van der Waals surface area (Å²) in [5.74, 6) is 0. The van der Waals surface area contributed by atoms with E-state index in [0.717, 1.165) is 0 Å². The van der Waals surface area contributed by atoms with Crippen molar-refractivity contribution in [1.82, 2.24) is 0 Å². The number of benzene rings is 2. The number of hydrogen-bond acceptors (Lipinski definition) is 10. The minimum Gasteiger partial charge on any atom is -0.759 e. The predicted octanol–water partition coefficient (Wildman–Crippen LogP) is 3.44. The van der Waals surface area contributed by atoms with Gasteiger partial charge < -0.3 is 9.11 Å². The first-order valence-corrected chi connectivity index (χ1v) is 8.50. The van der Waals surface area contributed by atoms with E-state index in [4.69, 9.17) is 28.3 Å². The summed E-state index contributed by atoms with van der Waals surface area (Å²) < 4.78 is 34.1. The fourth-order valence-electron chi connectivity index (χ4n) is 1.64. The van der Waals surface area contributed by atoms with Gasteiger partial charge in [0.25, 0.3) is 11.4 Å². The van der Waals surface area contributed by atoms with Gasteiger partial charge in [-0.1, -0.05) is 0 Å². The van der Waals surface area contributed by atoms with Crippen LogP contribution in [-0.4, -0.2) is 27.4 Å². The predicted molar refractivity (Wildman–Crippen MR) is 95.6 cm³/mol. The zero-order chi connectivity index (χ0) is 22.8. The van der Waals surface area contributed by atoms with E-state index in [9.17, 15) is 20.2 Å². The minimum atomic E-state index is -5.17. The van der Waals surface area contributed by atoms with Crippen LogP contribution in [0.2, 0.25) is 0 Å². The molecule has 0 bridgehead atoms. The molecule has 0 amide bonds. The molecule has 0 heterocycles. The molecular formula is C14H12N6O8S. The first-order valence-electron chi connectivity index (χ1n) is 7.17. The van der Waals surface area contributed by atoms with Gasteiger partial charge in [-0.05, 0) is 26.0 Å². The molecule has 0 aliphatic rings. The molecule has 0 aliphatic carbocycles. The Balaban J connectivity index is 0.000000442. The summed E-state index contributed by atoms with van der Waals surface area (Å²) in [6.07, 6.45) is 0. The van der Waals surface area contributed by atoms with Gasteiger partial charge in [0, 0.05) is 33.7 Å². The zero-order valence-electron chi connectivity index (χ0n) is 14.8. The zero-order valence-corrected chi connectivity index (χ0v) is 15.6. The second-order valence-electron chi connectivity index (χ2n) is 5.06. The van der Waals surface area contributed by atoms with Gasteiger partial charge >= 0.3 is 11.4 Å². The molecule has 14 nitrogen and oxygen atoms in total. The highest BCUT2D eigenvalue weighted by Crippen LogP contribution is 2.24. The molecule has 2 aromatic carbocycles. The number of diazo groups is 2. The summed E-state index contributed by atoms with van der Waals surface area (Å²) in [5.41, 5.74) is 1.70. The van der Waals surface area contributed by atoms with Crippen molar-refractivity contribution in [3.8, 4) is 0 Å². The van der Waals surface area contributed by atoms with E-state index < -0.39 is 20.2 Å². The van der Waals surface area contributed by atoms with Crippen LogP contribution in [0.5, 0.6) is 0 Å². The van der Waals surface area contributed by atoms with Gasteiger partial charge in [-0.25, -0.2) is 0 Å². The van der Waals surface area contributed by atoms with E-state index in [0.29, 0.717) is 11.1 Å². The second kappa shape index (κ2) is 10.9. The molecule has 0 aliphatic heterocycles. The summed E-state index contributed by atoms with van der Waals surface area (Å²) in [6, 6.07) is 8.24. The topological polar surface area (TPSA) is 223 Å². The standard InChI is InChI=1S/2C7H6N3O2.H2O4S/c2*1-5-2-3-6(10(11)12)4-7(5)9-8;1-5(2,3)4/h2*2-4H,1H3;(H2,1,2,3,4)/q2*+1;/p-2. The van der Waals surface area contributed by atoms with Crippen LogP contribution in [-0.2, 0) is 10.4 Å². The van der Waals surface area contributed by atoms with Crippen LogP contribution in [0.25, 0.3) is 9.95 Å². The lowest BCUT2D eigenvalue weighted by Gasteiger charge is -2.06. The van der Waals surface area contributed by atoms with Gasteiger partial charge in [0.2, 0.25) is 10.8 Å². The molecule has 0 unspecified atom stereocenters. The minimum absolute atomic E-state index is 0.0756. The number of aryl methyl sites for hydroxylation is 2. The molecule has 152 valence electrons. The van der Waals surface area contributed by atoms with E-state index in [-0.39, 0.29) is 22.7 Å². The van der Waals surface area contributed by atoms with E-state index >= 15 is 0 Å². The Bertz CT molecular complexity index is 1020. The highest BCUT2D eigenvalue weighted by atomic mass is 32.3. The van der Waals surface area contributed by atoms with Crippen molar-refractivity contribution >= 4 is 33.1 Å². The Morgan fingerprint density at radius 2 is 1.07 bits per heavy atom. The third kappa shape index (κ3) is 10.0. The Hall–Kier alpha value is -4.05. The first-order chi connectivity index (χ1) is 13.3. The summed E-state index contributed by atoms with van der Waals surface area (Å²) in [6.45, 7) is 3.41. The van der Waals surface area contributed by atoms with Crippen molar-refractivity contribution in [2.75, 3.05) is 0 Å². The smallest absolute Gasteiger partial charge is 0.394 e. The van der Waals surface area contributed by atoms with Crippen molar-refractivity contribution < 1.29 is 27.4 Å². The van der Waals surface area contributed by atoms with Gasteiger partial charge in [-0.15, -0.1) is 0 Å². The first kappa shape index (κ1) is 24.9. The Labute approximate surface area is 163 Å². The molecule has 0 saturated carbocycles. The third-order valence-corrected chi connectivity index (χ3v) is 3.02. The molecule has 0 saturated heterocycles. The second-order valence-corrected chi connectivity index (χ2v) is 5.88. The number of hydrogen-bond donors (Lipinski definition) is 0. The van der Waals surface area contributed by atoms with E-state index in [2.05, 4.69) is 9.95 Å². The van der Waals surface area contributed by atoms with Crippen LogP contribution in [0.1, 0.15) is 11.1 Å². The molecule has 29 heavy (non-hydrogen) atoms. The molecule has 0 aromatic heterocycles. The Kier molecular flexibility index (Phi) is 9.42. The Morgan fingerprint density at radius 3 is 1.28 bits per heavy atom. The molecule has 2 rings (SSSR count). The number of nitro benzene ring substituents is 2. The molecule has 0 spiro atoms. The van der Waals surface area contributed by atoms with Crippen LogP contribution in [0, 0.1) is 44.9 Å². The lowest BCUT2D eigenvalue weighted by Crippen LogP contribution is -1.91. The van der Waals surface area contributed by atoms with E-state index in [1.165, 1.54) is 36.4 Å². The van der Waals surface area contributed by atoms with Crippen LogP contribution >= 0.6 is 0 Å². The van der Waals surface area contributed by atoms with E-state index in [1.807, 2.05) is 0 Å². The summed E-state index contributed by atoms with van der Waals surface area (Å²) in [5, 5.41) is 37.4. The molecule has 15 heteroatoms. The maximum absolute atomic E-state index is 10.3. The SMILES string of the molecule is Cc1ccc([N+](=O)[O-])cc1[N+]#N.Cc1ccc([N+](=O)[O-])cc1[N+]#N.O=S(=O)([O-])[O-]. The lowest BCUT2D eigenvalue weighted by molar-refractivity contribution is -0.385. The van der Waals surface area contributed by atoms with Gasteiger partial charge in [0.1, 0.15) is 12.1 Å².